The first-order valence-electron chi connectivity index (χ1n) is 4.26. The summed E-state index contributed by atoms with van der Waals surface area (Å²) in [6.45, 7) is 0. The van der Waals surface area contributed by atoms with Crippen LogP contribution in [0, 0.1) is 0 Å². The molecular weight excluding hydrogens is 166 g/mol. The molecule has 1 aliphatic heterocycles. The van der Waals surface area contributed by atoms with Gasteiger partial charge in [-0.1, -0.05) is 30.3 Å². The first-order valence-corrected chi connectivity index (χ1v) is 4.26. The molecule has 2 N–H and O–H groups in total. The molecule has 1 aliphatic rings. The van der Waals surface area contributed by atoms with Gasteiger partial charge in [0.05, 0.1) is 6.10 Å². The average molecular weight is 177 g/mol. The minimum atomic E-state index is -0.361. The Morgan fingerprint density at radius 1 is 1.38 bits per heavy atom. The molecule has 0 spiro atoms. The molecule has 3 nitrogen and oxygen atoms in total. The van der Waals surface area contributed by atoms with Crippen molar-refractivity contribution in [2.75, 3.05) is 0 Å². The number of hydrogen-bond acceptors (Lipinski definition) is 2. The largest absolute Gasteiger partial charge is 0.367 e. The zero-order valence-electron chi connectivity index (χ0n) is 7.14. The van der Waals surface area contributed by atoms with Crippen LogP contribution in [0.25, 0.3) is 0 Å². The number of ether oxygens (including phenoxy) is 1. The van der Waals surface area contributed by atoms with Gasteiger partial charge in [-0.25, -0.2) is 0 Å². The first kappa shape index (κ1) is 8.26. The van der Waals surface area contributed by atoms with Gasteiger partial charge in [0.2, 0.25) is 5.91 Å². The molecule has 1 aromatic carbocycles. The highest BCUT2D eigenvalue weighted by molar-refractivity contribution is 5.81. The van der Waals surface area contributed by atoms with Crippen molar-refractivity contribution >= 4 is 5.91 Å². The third-order valence-electron chi connectivity index (χ3n) is 2.14. The van der Waals surface area contributed by atoms with Crippen LogP contribution >= 0.6 is 0 Å². The molecule has 2 unspecified atom stereocenters. The van der Waals surface area contributed by atoms with E-state index in [4.69, 9.17) is 10.5 Å². The minimum absolute atomic E-state index is 0.0000926. The number of hydrogen-bond donors (Lipinski definition) is 1. The van der Waals surface area contributed by atoms with Crippen LogP contribution in [-0.2, 0) is 16.0 Å². The highest BCUT2D eigenvalue weighted by atomic mass is 16.6. The molecule has 1 heterocycles. The SMILES string of the molecule is NC(=O)C1OC1Cc1ccccc1. The Bertz CT molecular complexity index is 310. The maximum atomic E-state index is 10.7. The van der Waals surface area contributed by atoms with E-state index >= 15 is 0 Å². The van der Waals surface area contributed by atoms with E-state index in [-0.39, 0.29) is 18.1 Å². The third kappa shape index (κ3) is 1.87. The summed E-state index contributed by atoms with van der Waals surface area (Å²) in [5.41, 5.74) is 6.25. The summed E-state index contributed by atoms with van der Waals surface area (Å²) in [5, 5.41) is 0. The van der Waals surface area contributed by atoms with Crippen molar-refractivity contribution in [3.63, 3.8) is 0 Å². The van der Waals surface area contributed by atoms with Gasteiger partial charge in [0.1, 0.15) is 0 Å². The number of nitrogens with two attached hydrogens (primary N) is 1. The predicted molar refractivity (Wildman–Crippen MR) is 48.0 cm³/mol. The van der Waals surface area contributed by atoms with Gasteiger partial charge < -0.3 is 10.5 Å². The number of primary amides is 1. The van der Waals surface area contributed by atoms with Crippen molar-refractivity contribution in [1.29, 1.82) is 0 Å². The zero-order chi connectivity index (χ0) is 9.26. The topological polar surface area (TPSA) is 55.6 Å². The highest BCUT2D eigenvalue weighted by Gasteiger charge is 2.43. The standard InChI is InChI=1S/C10H11NO2/c11-10(12)9-8(13-9)6-7-4-2-1-3-5-7/h1-5,8-9H,6H2,(H2,11,12). The van der Waals surface area contributed by atoms with Crippen LogP contribution in [-0.4, -0.2) is 18.1 Å². The number of rotatable bonds is 3. The number of carbonyl (C=O) groups excluding carboxylic acids is 1. The maximum absolute atomic E-state index is 10.7. The highest BCUT2D eigenvalue weighted by Crippen LogP contribution is 2.25. The lowest BCUT2D eigenvalue weighted by Gasteiger charge is -1.94. The van der Waals surface area contributed by atoms with Gasteiger partial charge in [0.25, 0.3) is 0 Å². The van der Waals surface area contributed by atoms with Crippen LogP contribution in [0.2, 0.25) is 0 Å². The number of benzene rings is 1. The molecule has 13 heavy (non-hydrogen) atoms. The third-order valence-corrected chi connectivity index (χ3v) is 2.14. The molecule has 1 aromatic rings. The van der Waals surface area contributed by atoms with E-state index in [0.717, 1.165) is 6.42 Å². The van der Waals surface area contributed by atoms with Gasteiger partial charge in [-0.05, 0) is 5.56 Å². The summed E-state index contributed by atoms with van der Waals surface area (Å²) in [4.78, 5) is 10.7. The summed E-state index contributed by atoms with van der Waals surface area (Å²) in [5.74, 6) is -0.360. The summed E-state index contributed by atoms with van der Waals surface area (Å²) in [6.07, 6.45) is 0.411. The second kappa shape index (κ2) is 3.18. The maximum Gasteiger partial charge on any atom is 0.249 e. The Morgan fingerprint density at radius 2 is 2.08 bits per heavy atom. The molecule has 3 heteroatoms. The Hall–Kier alpha value is -1.35. The second-order valence-corrected chi connectivity index (χ2v) is 3.19. The molecule has 2 atom stereocenters. The molecule has 1 amide bonds. The molecule has 0 bridgehead atoms. The zero-order valence-corrected chi connectivity index (χ0v) is 7.14. The molecule has 1 fully saturated rings. The van der Waals surface area contributed by atoms with Crippen molar-refractivity contribution in [2.24, 2.45) is 5.73 Å². The van der Waals surface area contributed by atoms with Crippen molar-refractivity contribution in [3.8, 4) is 0 Å². The number of carbonyl (C=O) groups is 1. The van der Waals surface area contributed by atoms with Crippen LogP contribution in [0.5, 0.6) is 0 Å². The molecule has 68 valence electrons. The number of epoxide rings is 1. The molecule has 1 saturated heterocycles. The molecular formula is C10H11NO2. The van der Waals surface area contributed by atoms with Crippen LogP contribution in [0.4, 0.5) is 0 Å². The Balaban J connectivity index is 1.92. The predicted octanol–water partition coefficient (Wildman–Crippen LogP) is 0.482. The lowest BCUT2D eigenvalue weighted by Crippen LogP contribution is -2.20. The van der Waals surface area contributed by atoms with E-state index in [1.54, 1.807) is 0 Å². The summed E-state index contributed by atoms with van der Waals surface area (Å²) < 4.78 is 5.11. The quantitative estimate of drug-likeness (QED) is 0.683. The van der Waals surface area contributed by atoms with Crippen molar-refractivity contribution < 1.29 is 9.53 Å². The molecule has 0 aliphatic carbocycles. The Morgan fingerprint density at radius 3 is 2.62 bits per heavy atom. The monoisotopic (exact) mass is 177 g/mol. The first-order chi connectivity index (χ1) is 6.27. The second-order valence-electron chi connectivity index (χ2n) is 3.19. The van der Waals surface area contributed by atoms with Crippen molar-refractivity contribution in [1.82, 2.24) is 0 Å². The van der Waals surface area contributed by atoms with Crippen LogP contribution in [0.1, 0.15) is 5.56 Å². The lowest BCUT2D eigenvalue weighted by molar-refractivity contribution is -0.119. The van der Waals surface area contributed by atoms with E-state index < -0.39 is 0 Å². The molecule has 0 radical (unpaired) electrons. The van der Waals surface area contributed by atoms with Crippen LogP contribution in [0.3, 0.4) is 0 Å². The normalized spacial score (nSPS) is 25.5. The van der Waals surface area contributed by atoms with Gasteiger partial charge in [0, 0.05) is 6.42 Å². The molecule has 2 rings (SSSR count). The van der Waals surface area contributed by atoms with Gasteiger partial charge >= 0.3 is 0 Å². The van der Waals surface area contributed by atoms with E-state index in [2.05, 4.69) is 0 Å². The van der Waals surface area contributed by atoms with Crippen LogP contribution in [0.15, 0.2) is 30.3 Å². The summed E-state index contributed by atoms with van der Waals surface area (Å²) in [7, 11) is 0. The van der Waals surface area contributed by atoms with Gasteiger partial charge in [-0.15, -0.1) is 0 Å². The van der Waals surface area contributed by atoms with E-state index in [9.17, 15) is 4.79 Å². The van der Waals surface area contributed by atoms with Gasteiger partial charge in [-0.2, -0.15) is 0 Å². The Kier molecular flexibility index (Phi) is 2.02. The van der Waals surface area contributed by atoms with Crippen LogP contribution < -0.4 is 5.73 Å². The summed E-state index contributed by atoms with van der Waals surface area (Å²) >= 11 is 0. The van der Waals surface area contributed by atoms with Gasteiger partial charge in [-0.3, -0.25) is 4.79 Å². The fourth-order valence-electron chi connectivity index (χ4n) is 1.39. The lowest BCUT2D eigenvalue weighted by atomic mass is 10.1. The van der Waals surface area contributed by atoms with E-state index in [1.807, 2.05) is 30.3 Å². The summed E-state index contributed by atoms with van der Waals surface area (Å²) in [6, 6.07) is 9.93. The van der Waals surface area contributed by atoms with E-state index in [0.29, 0.717) is 0 Å². The smallest absolute Gasteiger partial charge is 0.249 e. The molecule has 0 aromatic heterocycles. The fraction of sp³-hybridized carbons (Fsp3) is 0.300. The van der Waals surface area contributed by atoms with E-state index in [1.165, 1.54) is 5.56 Å². The van der Waals surface area contributed by atoms with Gasteiger partial charge in [0.15, 0.2) is 6.10 Å². The number of amides is 1. The fourth-order valence-corrected chi connectivity index (χ4v) is 1.39. The van der Waals surface area contributed by atoms with Crippen molar-refractivity contribution in [2.45, 2.75) is 18.6 Å². The molecule has 0 saturated carbocycles. The minimum Gasteiger partial charge on any atom is -0.367 e. The Labute approximate surface area is 76.5 Å². The average Bonchev–Trinajstić information content (AvgIpc) is 2.86. The van der Waals surface area contributed by atoms with Crippen molar-refractivity contribution in [3.05, 3.63) is 35.9 Å².